The van der Waals surface area contributed by atoms with Gasteiger partial charge in [-0.25, -0.2) is 0 Å². The van der Waals surface area contributed by atoms with Crippen LogP contribution >= 0.6 is 0 Å². The van der Waals surface area contributed by atoms with Crippen molar-refractivity contribution in [3.05, 3.63) is 30.1 Å². The van der Waals surface area contributed by atoms with Gasteiger partial charge in [0.15, 0.2) is 0 Å². The Morgan fingerprint density at radius 2 is 2.32 bits per heavy atom. The van der Waals surface area contributed by atoms with Gasteiger partial charge in [0.25, 0.3) is 0 Å². The Kier molecular flexibility index (Phi) is 5.08. The zero-order valence-electron chi connectivity index (χ0n) is 13.3. The number of hydrogen-bond acceptors (Lipinski definition) is 5. The average molecular weight is 306 g/mol. The molecule has 0 amide bonds. The van der Waals surface area contributed by atoms with Crippen molar-refractivity contribution >= 4 is 0 Å². The summed E-state index contributed by atoms with van der Waals surface area (Å²) in [4.78, 5) is 6.94. The molecule has 5 nitrogen and oxygen atoms in total. The van der Waals surface area contributed by atoms with E-state index in [2.05, 4.69) is 16.0 Å². The summed E-state index contributed by atoms with van der Waals surface area (Å²) in [5.41, 5.74) is 1.07. The van der Waals surface area contributed by atoms with Crippen molar-refractivity contribution in [2.75, 3.05) is 26.9 Å². The van der Waals surface area contributed by atoms with Crippen LogP contribution in [0.4, 0.5) is 0 Å². The second-order valence-corrected chi connectivity index (χ2v) is 6.32. The third kappa shape index (κ3) is 3.18. The summed E-state index contributed by atoms with van der Waals surface area (Å²) in [5.74, 6) is 0. The number of aromatic nitrogens is 1. The van der Waals surface area contributed by atoms with Crippen molar-refractivity contribution < 1.29 is 14.6 Å². The first-order chi connectivity index (χ1) is 10.8. The minimum absolute atomic E-state index is 0.0339. The van der Waals surface area contributed by atoms with Crippen molar-refractivity contribution in [3.63, 3.8) is 0 Å². The fourth-order valence-corrected chi connectivity index (χ4v) is 4.02. The fraction of sp³-hybridized carbons (Fsp3) is 0.706. The van der Waals surface area contributed by atoms with Crippen LogP contribution in [0.15, 0.2) is 24.4 Å². The summed E-state index contributed by atoms with van der Waals surface area (Å²) < 4.78 is 11.7. The molecular formula is C17H26N2O3. The molecule has 5 heteroatoms. The van der Waals surface area contributed by atoms with Crippen LogP contribution in [0.2, 0.25) is 0 Å². The molecular weight excluding hydrogens is 280 g/mol. The van der Waals surface area contributed by atoms with E-state index >= 15 is 0 Å². The second-order valence-electron chi connectivity index (χ2n) is 6.32. The number of fused-ring (bicyclic) bond motifs is 1. The highest BCUT2D eigenvalue weighted by Crippen LogP contribution is 2.43. The molecule has 1 aromatic heterocycles. The van der Waals surface area contributed by atoms with Crippen LogP contribution in [0, 0.1) is 0 Å². The molecule has 1 aromatic rings. The fourth-order valence-electron chi connectivity index (χ4n) is 4.02. The molecule has 0 bridgehead atoms. The van der Waals surface area contributed by atoms with Gasteiger partial charge in [0.1, 0.15) is 0 Å². The summed E-state index contributed by atoms with van der Waals surface area (Å²) in [6, 6.07) is 6.44. The molecule has 2 fully saturated rings. The molecule has 2 heterocycles. The molecule has 3 rings (SSSR count). The standard InChI is InChI=1S/C17H26N2O3/c1-21-17-6-5-15(22-11-10-20)12-16(17)19(9-7-17)13-14-4-2-3-8-18-14/h2-4,8,15-16,20H,5-7,9-13H2,1H3/t15-,16+,17-/m1/s1. The quantitative estimate of drug-likeness (QED) is 0.865. The molecule has 1 saturated carbocycles. The topological polar surface area (TPSA) is 54.8 Å². The van der Waals surface area contributed by atoms with E-state index in [0.29, 0.717) is 12.6 Å². The summed E-state index contributed by atoms with van der Waals surface area (Å²) in [7, 11) is 1.84. The maximum atomic E-state index is 8.96. The third-order valence-electron chi connectivity index (χ3n) is 5.19. The first kappa shape index (κ1) is 15.9. The van der Waals surface area contributed by atoms with E-state index in [4.69, 9.17) is 14.6 Å². The number of aliphatic hydroxyl groups is 1. The Morgan fingerprint density at radius 3 is 3.05 bits per heavy atom. The lowest BCUT2D eigenvalue weighted by Crippen LogP contribution is -2.51. The lowest BCUT2D eigenvalue weighted by atomic mass is 9.79. The Bertz CT molecular complexity index is 470. The van der Waals surface area contributed by atoms with E-state index in [-0.39, 0.29) is 18.3 Å². The van der Waals surface area contributed by atoms with Gasteiger partial charge < -0.3 is 14.6 Å². The highest BCUT2D eigenvalue weighted by molar-refractivity contribution is 5.09. The SMILES string of the molecule is CO[C@@]12CC[C@@H](OCCO)C[C@@H]1N(Cc1ccccn1)CC2. The van der Waals surface area contributed by atoms with Crippen LogP contribution in [-0.2, 0) is 16.0 Å². The summed E-state index contributed by atoms with van der Waals surface area (Å²) in [6.07, 6.45) is 6.17. The van der Waals surface area contributed by atoms with Crippen molar-refractivity contribution in [1.82, 2.24) is 9.88 Å². The van der Waals surface area contributed by atoms with Gasteiger partial charge in [-0.05, 0) is 37.8 Å². The number of methoxy groups -OCH3 is 1. The van der Waals surface area contributed by atoms with Gasteiger partial charge in [0, 0.05) is 32.4 Å². The van der Waals surface area contributed by atoms with Gasteiger partial charge >= 0.3 is 0 Å². The highest BCUT2D eigenvalue weighted by Gasteiger charge is 2.51. The normalized spacial score (nSPS) is 32.1. The zero-order valence-corrected chi connectivity index (χ0v) is 13.3. The van der Waals surface area contributed by atoms with Crippen LogP contribution in [0.3, 0.4) is 0 Å². The van der Waals surface area contributed by atoms with Gasteiger partial charge in [0.2, 0.25) is 0 Å². The van der Waals surface area contributed by atoms with E-state index in [1.807, 2.05) is 25.4 Å². The molecule has 0 spiro atoms. The number of rotatable bonds is 6. The number of nitrogens with zero attached hydrogens (tertiary/aromatic N) is 2. The number of likely N-dealkylation sites (tertiary alicyclic amines) is 1. The first-order valence-corrected chi connectivity index (χ1v) is 8.19. The van der Waals surface area contributed by atoms with E-state index < -0.39 is 0 Å². The maximum Gasteiger partial charge on any atom is 0.0847 e. The lowest BCUT2D eigenvalue weighted by Gasteiger charge is -2.43. The molecule has 0 radical (unpaired) electrons. The summed E-state index contributed by atoms with van der Waals surface area (Å²) in [5, 5.41) is 8.96. The molecule has 0 unspecified atom stereocenters. The number of pyridine rings is 1. The van der Waals surface area contributed by atoms with E-state index in [9.17, 15) is 0 Å². The lowest BCUT2D eigenvalue weighted by molar-refractivity contribution is -0.104. The predicted octanol–water partition coefficient (Wildman–Crippen LogP) is 1.60. The molecule has 3 atom stereocenters. The molecule has 1 N–H and O–H groups in total. The van der Waals surface area contributed by atoms with Gasteiger partial charge in [-0.15, -0.1) is 0 Å². The summed E-state index contributed by atoms with van der Waals surface area (Å²) in [6.45, 7) is 2.43. The van der Waals surface area contributed by atoms with Crippen molar-refractivity contribution in [2.45, 2.75) is 50.0 Å². The van der Waals surface area contributed by atoms with Crippen LogP contribution < -0.4 is 0 Å². The smallest absolute Gasteiger partial charge is 0.0847 e. The van der Waals surface area contributed by atoms with E-state index in [0.717, 1.165) is 44.5 Å². The Labute approximate surface area is 132 Å². The zero-order chi connectivity index (χ0) is 15.4. The summed E-state index contributed by atoms with van der Waals surface area (Å²) >= 11 is 0. The Balaban J connectivity index is 1.69. The molecule has 122 valence electrons. The largest absolute Gasteiger partial charge is 0.394 e. The van der Waals surface area contributed by atoms with E-state index in [1.54, 1.807) is 0 Å². The van der Waals surface area contributed by atoms with E-state index in [1.165, 1.54) is 0 Å². The van der Waals surface area contributed by atoms with Crippen molar-refractivity contribution in [1.29, 1.82) is 0 Å². The molecule has 2 aliphatic rings. The van der Waals surface area contributed by atoms with Gasteiger partial charge in [0.05, 0.1) is 30.6 Å². The first-order valence-electron chi connectivity index (χ1n) is 8.19. The highest BCUT2D eigenvalue weighted by atomic mass is 16.5. The number of aliphatic hydroxyl groups excluding tert-OH is 1. The maximum absolute atomic E-state index is 8.96. The molecule has 1 saturated heterocycles. The van der Waals surface area contributed by atoms with Gasteiger partial charge in [-0.3, -0.25) is 9.88 Å². The van der Waals surface area contributed by atoms with Crippen LogP contribution in [0.25, 0.3) is 0 Å². The Morgan fingerprint density at radius 1 is 1.41 bits per heavy atom. The van der Waals surface area contributed by atoms with Crippen LogP contribution in [0.1, 0.15) is 31.4 Å². The van der Waals surface area contributed by atoms with Crippen molar-refractivity contribution in [2.24, 2.45) is 0 Å². The van der Waals surface area contributed by atoms with Crippen molar-refractivity contribution in [3.8, 4) is 0 Å². The molecule has 1 aliphatic carbocycles. The van der Waals surface area contributed by atoms with Gasteiger partial charge in [-0.1, -0.05) is 6.07 Å². The average Bonchev–Trinajstić information content (AvgIpc) is 2.92. The predicted molar refractivity (Wildman–Crippen MR) is 83.5 cm³/mol. The van der Waals surface area contributed by atoms with Crippen LogP contribution in [-0.4, -0.2) is 59.6 Å². The second kappa shape index (κ2) is 7.04. The minimum Gasteiger partial charge on any atom is -0.394 e. The number of ether oxygens (including phenoxy) is 2. The molecule has 0 aromatic carbocycles. The third-order valence-corrected chi connectivity index (χ3v) is 5.19. The minimum atomic E-state index is -0.0339. The molecule has 22 heavy (non-hydrogen) atoms. The van der Waals surface area contributed by atoms with Crippen LogP contribution in [0.5, 0.6) is 0 Å². The number of hydrogen-bond donors (Lipinski definition) is 1. The van der Waals surface area contributed by atoms with Gasteiger partial charge in [-0.2, -0.15) is 0 Å². The Hall–Kier alpha value is -1.01. The molecule has 1 aliphatic heterocycles. The monoisotopic (exact) mass is 306 g/mol.